The Hall–Kier alpha value is -3.93. The van der Waals surface area contributed by atoms with Crippen LogP contribution in [0.3, 0.4) is 0 Å². The lowest BCUT2D eigenvalue weighted by atomic mass is 10.0. The number of halogens is 1. The number of anilines is 1. The number of carbonyl (C=O) groups excluding carboxylic acids is 1. The van der Waals surface area contributed by atoms with Crippen molar-refractivity contribution >= 4 is 11.6 Å². The molecule has 0 aliphatic carbocycles. The monoisotopic (exact) mass is 373 g/mol. The normalized spacial score (nSPS) is 10.8. The fourth-order valence-electron chi connectivity index (χ4n) is 3.07. The second-order valence-electron chi connectivity index (χ2n) is 6.25. The minimum absolute atomic E-state index is 0.0338. The predicted molar refractivity (Wildman–Crippen MR) is 106 cm³/mol. The van der Waals surface area contributed by atoms with Gasteiger partial charge in [0.15, 0.2) is 5.78 Å². The SMILES string of the molecule is Nc1c(C(=O)c2ccc(F)cc2)ccc(=O)n1-c1cccc(-n2cccc2)c1. The number of benzene rings is 2. The van der Waals surface area contributed by atoms with E-state index in [9.17, 15) is 14.0 Å². The van der Waals surface area contributed by atoms with Crippen molar-refractivity contribution in [3.05, 3.63) is 112 Å². The van der Waals surface area contributed by atoms with Gasteiger partial charge in [-0.3, -0.25) is 14.2 Å². The molecule has 0 bridgehead atoms. The second kappa shape index (κ2) is 7.00. The fraction of sp³-hybridized carbons (Fsp3) is 0. The summed E-state index contributed by atoms with van der Waals surface area (Å²) in [5.41, 5.74) is 7.73. The number of carbonyl (C=O) groups is 1. The van der Waals surface area contributed by atoms with Crippen molar-refractivity contribution in [2.45, 2.75) is 0 Å². The number of nitrogens with two attached hydrogens (primary N) is 1. The van der Waals surface area contributed by atoms with E-state index >= 15 is 0 Å². The van der Waals surface area contributed by atoms with E-state index in [1.54, 1.807) is 6.07 Å². The molecule has 0 aliphatic heterocycles. The summed E-state index contributed by atoms with van der Waals surface area (Å²) >= 11 is 0. The van der Waals surface area contributed by atoms with Crippen molar-refractivity contribution in [2.75, 3.05) is 5.73 Å². The number of ketones is 1. The summed E-state index contributed by atoms with van der Waals surface area (Å²) in [5.74, 6) is -0.782. The molecule has 5 nitrogen and oxygen atoms in total. The largest absolute Gasteiger partial charge is 0.384 e. The minimum Gasteiger partial charge on any atom is -0.384 e. The fourth-order valence-corrected chi connectivity index (χ4v) is 3.07. The van der Waals surface area contributed by atoms with Crippen molar-refractivity contribution in [1.29, 1.82) is 0 Å². The second-order valence-corrected chi connectivity index (χ2v) is 6.25. The molecule has 2 heterocycles. The predicted octanol–water partition coefficient (Wildman–Crippen LogP) is 3.58. The Morgan fingerprint density at radius 3 is 2.25 bits per heavy atom. The summed E-state index contributed by atoms with van der Waals surface area (Å²) in [6, 6.07) is 19.0. The van der Waals surface area contributed by atoms with Crippen LogP contribution >= 0.6 is 0 Å². The van der Waals surface area contributed by atoms with Crippen LogP contribution in [0.25, 0.3) is 11.4 Å². The van der Waals surface area contributed by atoms with E-state index < -0.39 is 5.82 Å². The van der Waals surface area contributed by atoms with Gasteiger partial charge in [0.05, 0.1) is 11.3 Å². The van der Waals surface area contributed by atoms with E-state index in [4.69, 9.17) is 5.73 Å². The van der Waals surface area contributed by atoms with E-state index in [2.05, 4.69) is 0 Å². The van der Waals surface area contributed by atoms with Crippen LogP contribution in [-0.4, -0.2) is 14.9 Å². The highest BCUT2D eigenvalue weighted by Gasteiger charge is 2.17. The number of nitrogen functional groups attached to an aromatic ring is 1. The molecule has 0 radical (unpaired) electrons. The van der Waals surface area contributed by atoms with Gasteiger partial charge in [-0.25, -0.2) is 4.39 Å². The Kier molecular flexibility index (Phi) is 4.37. The van der Waals surface area contributed by atoms with Gasteiger partial charge in [0, 0.05) is 29.7 Å². The molecule has 0 unspecified atom stereocenters. The highest BCUT2D eigenvalue weighted by molar-refractivity contribution is 6.11. The van der Waals surface area contributed by atoms with Crippen LogP contribution in [0.2, 0.25) is 0 Å². The quantitative estimate of drug-likeness (QED) is 0.556. The molecular formula is C22H16FN3O2. The van der Waals surface area contributed by atoms with Crippen molar-refractivity contribution in [2.24, 2.45) is 0 Å². The lowest BCUT2D eigenvalue weighted by Gasteiger charge is -2.14. The van der Waals surface area contributed by atoms with E-state index in [1.165, 1.54) is 41.0 Å². The van der Waals surface area contributed by atoms with Gasteiger partial charge in [-0.2, -0.15) is 0 Å². The molecule has 2 aromatic heterocycles. The van der Waals surface area contributed by atoms with Crippen molar-refractivity contribution in [1.82, 2.24) is 9.13 Å². The van der Waals surface area contributed by atoms with Crippen LogP contribution in [0.1, 0.15) is 15.9 Å². The summed E-state index contributed by atoms with van der Waals surface area (Å²) in [6.07, 6.45) is 3.78. The Labute approximate surface area is 160 Å². The molecule has 0 aliphatic rings. The summed E-state index contributed by atoms with van der Waals surface area (Å²) in [5, 5.41) is 0. The number of hydrogen-bond donors (Lipinski definition) is 1. The van der Waals surface area contributed by atoms with Gasteiger partial charge in [-0.05, 0) is 60.7 Å². The van der Waals surface area contributed by atoms with Crippen LogP contribution in [-0.2, 0) is 0 Å². The third-order valence-corrected chi connectivity index (χ3v) is 4.47. The van der Waals surface area contributed by atoms with Crippen LogP contribution < -0.4 is 11.3 Å². The molecule has 138 valence electrons. The molecule has 6 heteroatoms. The topological polar surface area (TPSA) is 70.0 Å². The maximum atomic E-state index is 13.1. The highest BCUT2D eigenvalue weighted by atomic mass is 19.1. The molecule has 28 heavy (non-hydrogen) atoms. The highest BCUT2D eigenvalue weighted by Crippen LogP contribution is 2.21. The van der Waals surface area contributed by atoms with Crippen molar-refractivity contribution < 1.29 is 9.18 Å². The first-order valence-corrected chi connectivity index (χ1v) is 8.60. The van der Waals surface area contributed by atoms with E-state index in [0.717, 1.165) is 5.69 Å². The Morgan fingerprint density at radius 2 is 1.54 bits per heavy atom. The van der Waals surface area contributed by atoms with E-state index in [0.29, 0.717) is 11.3 Å². The molecular weight excluding hydrogens is 357 g/mol. The van der Waals surface area contributed by atoms with Crippen LogP contribution in [0.4, 0.5) is 10.2 Å². The number of rotatable bonds is 4. The van der Waals surface area contributed by atoms with Crippen LogP contribution in [0.5, 0.6) is 0 Å². The standard InChI is InChI=1S/C22H16FN3O2/c23-16-8-6-15(7-9-16)21(28)19-10-11-20(27)26(22(19)24)18-5-3-4-17(14-18)25-12-1-2-13-25/h1-14H,24H2. The Balaban J connectivity index is 1.82. The van der Waals surface area contributed by atoms with Crippen LogP contribution in [0.15, 0.2) is 90.0 Å². The number of nitrogens with zero attached hydrogens (tertiary/aromatic N) is 2. The number of pyridine rings is 1. The molecule has 0 saturated carbocycles. The molecule has 4 rings (SSSR count). The van der Waals surface area contributed by atoms with E-state index in [1.807, 2.05) is 47.3 Å². The average Bonchev–Trinajstić information content (AvgIpc) is 3.23. The van der Waals surface area contributed by atoms with Gasteiger partial charge in [0.25, 0.3) is 5.56 Å². The first kappa shape index (κ1) is 17.5. The summed E-state index contributed by atoms with van der Waals surface area (Å²) in [7, 11) is 0. The Morgan fingerprint density at radius 1 is 0.857 bits per heavy atom. The van der Waals surface area contributed by atoms with Crippen LogP contribution in [0, 0.1) is 5.82 Å². The van der Waals surface area contributed by atoms with Crippen molar-refractivity contribution in [3.8, 4) is 11.4 Å². The van der Waals surface area contributed by atoms with Gasteiger partial charge >= 0.3 is 0 Å². The molecule has 0 atom stereocenters. The first-order valence-electron chi connectivity index (χ1n) is 8.60. The smallest absolute Gasteiger partial charge is 0.256 e. The zero-order chi connectivity index (χ0) is 19.7. The average molecular weight is 373 g/mol. The van der Waals surface area contributed by atoms with Crippen molar-refractivity contribution in [3.63, 3.8) is 0 Å². The first-order chi connectivity index (χ1) is 13.5. The number of aromatic nitrogens is 2. The van der Waals surface area contributed by atoms with Gasteiger partial charge in [-0.15, -0.1) is 0 Å². The molecule has 0 fully saturated rings. The minimum atomic E-state index is -0.434. The molecule has 2 N–H and O–H groups in total. The maximum Gasteiger partial charge on any atom is 0.256 e. The summed E-state index contributed by atoms with van der Waals surface area (Å²) in [4.78, 5) is 25.3. The van der Waals surface area contributed by atoms with Gasteiger partial charge in [0.2, 0.25) is 0 Å². The summed E-state index contributed by atoms with van der Waals surface area (Å²) in [6.45, 7) is 0. The van der Waals surface area contributed by atoms with Gasteiger partial charge < -0.3 is 10.3 Å². The van der Waals surface area contributed by atoms with E-state index in [-0.39, 0.29) is 22.7 Å². The zero-order valence-electron chi connectivity index (χ0n) is 14.7. The third kappa shape index (κ3) is 3.12. The lowest BCUT2D eigenvalue weighted by Crippen LogP contribution is -2.23. The third-order valence-electron chi connectivity index (χ3n) is 4.47. The maximum absolute atomic E-state index is 13.1. The molecule has 4 aromatic rings. The molecule has 0 amide bonds. The number of hydrogen-bond acceptors (Lipinski definition) is 3. The van der Waals surface area contributed by atoms with Gasteiger partial charge in [0.1, 0.15) is 11.6 Å². The Bertz CT molecular complexity index is 1210. The zero-order valence-corrected chi connectivity index (χ0v) is 14.7. The molecule has 0 saturated heterocycles. The molecule has 2 aromatic carbocycles. The molecule has 0 spiro atoms. The summed E-state index contributed by atoms with van der Waals surface area (Å²) < 4.78 is 16.3. The lowest BCUT2D eigenvalue weighted by molar-refractivity contribution is 0.103. The van der Waals surface area contributed by atoms with Gasteiger partial charge in [-0.1, -0.05) is 6.07 Å².